The lowest BCUT2D eigenvalue weighted by Gasteiger charge is -2.35. The van der Waals surface area contributed by atoms with Gasteiger partial charge in [0.25, 0.3) is 0 Å². The molecule has 0 bridgehead atoms. The van der Waals surface area contributed by atoms with Gasteiger partial charge in [-0.2, -0.15) is 0 Å². The number of esters is 1. The molecule has 0 unspecified atom stereocenters. The molecule has 0 aromatic heterocycles. The van der Waals surface area contributed by atoms with Crippen LogP contribution in [-0.2, 0) is 10.3 Å². The van der Waals surface area contributed by atoms with Crippen molar-refractivity contribution in [3.63, 3.8) is 0 Å². The van der Waals surface area contributed by atoms with Gasteiger partial charge in [-0.1, -0.05) is 91.0 Å². The van der Waals surface area contributed by atoms with Crippen molar-refractivity contribution in [1.29, 1.82) is 0 Å². The number of nitro benzene ring substituents is 2. The van der Waals surface area contributed by atoms with E-state index < -0.39 is 32.8 Å². The Morgan fingerprint density at radius 1 is 0.618 bits per heavy atom. The smallest absolute Gasteiger partial charge is 0.346 e. The third-order valence-electron chi connectivity index (χ3n) is 5.39. The van der Waals surface area contributed by atoms with Crippen molar-refractivity contribution in [2.24, 2.45) is 0 Å². The van der Waals surface area contributed by atoms with Crippen LogP contribution in [0.5, 0.6) is 0 Å². The maximum atomic E-state index is 13.4. The van der Waals surface area contributed by atoms with Crippen LogP contribution in [0.25, 0.3) is 0 Å². The van der Waals surface area contributed by atoms with Crippen molar-refractivity contribution in [2.75, 3.05) is 0 Å². The summed E-state index contributed by atoms with van der Waals surface area (Å²) in [6.07, 6.45) is 0. The lowest BCUT2D eigenvalue weighted by atomic mass is 9.80. The quantitative estimate of drug-likeness (QED) is 0.154. The predicted molar refractivity (Wildman–Crippen MR) is 124 cm³/mol. The Hall–Kier alpha value is -4.85. The van der Waals surface area contributed by atoms with Crippen LogP contribution >= 0.6 is 0 Å². The Bertz CT molecular complexity index is 1250. The molecular formula is C26H18N2O6. The summed E-state index contributed by atoms with van der Waals surface area (Å²) in [4.78, 5) is 34.2. The van der Waals surface area contributed by atoms with Gasteiger partial charge in [0.1, 0.15) is 0 Å². The molecule has 0 radical (unpaired) electrons. The molecule has 0 aliphatic rings. The largest absolute Gasteiger partial charge is 0.441 e. The van der Waals surface area contributed by atoms with Crippen molar-refractivity contribution in [3.05, 3.63) is 152 Å². The van der Waals surface area contributed by atoms with Gasteiger partial charge < -0.3 is 4.74 Å². The Morgan fingerprint density at radius 2 is 1.03 bits per heavy atom. The molecular weight excluding hydrogens is 436 g/mol. The number of benzene rings is 4. The van der Waals surface area contributed by atoms with Crippen molar-refractivity contribution in [3.8, 4) is 0 Å². The molecule has 168 valence electrons. The van der Waals surface area contributed by atoms with Crippen LogP contribution in [0.2, 0.25) is 0 Å². The SMILES string of the molecule is O=C(OC(c1ccccc1)(c1ccccc1)c1ccccc1)c1ccc([N+](=O)[O-])c([N+](=O)[O-])c1. The number of nitrogens with zero attached hydrogens (tertiary/aromatic N) is 2. The molecule has 34 heavy (non-hydrogen) atoms. The van der Waals surface area contributed by atoms with Crippen LogP contribution in [0.4, 0.5) is 11.4 Å². The van der Waals surface area contributed by atoms with Gasteiger partial charge in [-0.15, -0.1) is 0 Å². The van der Waals surface area contributed by atoms with Crippen molar-refractivity contribution in [2.45, 2.75) is 5.60 Å². The molecule has 0 amide bonds. The zero-order valence-electron chi connectivity index (χ0n) is 17.7. The average Bonchev–Trinajstić information content (AvgIpc) is 2.88. The van der Waals surface area contributed by atoms with E-state index in [2.05, 4.69) is 0 Å². The van der Waals surface area contributed by atoms with Gasteiger partial charge in [0.15, 0.2) is 5.60 Å². The monoisotopic (exact) mass is 454 g/mol. The summed E-state index contributed by atoms with van der Waals surface area (Å²) in [5, 5.41) is 22.6. The summed E-state index contributed by atoms with van der Waals surface area (Å²) in [5.41, 5.74) is -1.06. The van der Waals surface area contributed by atoms with Crippen LogP contribution in [0.15, 0.2) is 109 Å². The lowest BCUT2D eigenvalue weighted by Crippen LogP contribution is -2.35. The van der Waals surface area contributed by atoms with E-state index in [1.54, 1.807) is 0 Å². The highest BCUT2D eigenvalue weighted by Crippen LogP contribution is 2.41. The lowest BCUT2D eigenvalue weighted by molar-refractivity contribution is -0.422. The normalized spacial score (nSPS) is 10.9. The van der Waals surface area contributed by atoms with Crippen LogP contribution in [0, 0.1) is 20.2 Å². The maximum Gasteiger partial charge on any atom is 0.346 e. The number of hydrogen-bond acceptors (Lipinski definition) is 6. The highest BCUT2D eigenvalue weighted by atomic mass is 16.6. The number of nitro groups is 2. The number of hydrogen-bond donors (Lipinski definition) is 0. The summed E-state index contributed by atoms with van der Waals surface area (Å²) in [7, 11) is 0. The van der Waals surface area contributed by atoms with Crippen LogP contribution in [-0.4, -0.2) is 15.8 Å². The Balaban J connectivity index is 1.91. The molecule has 0 atom stereocenters. The molecule has 0 N–H and O–H groups in total. The number of rotatable bonds is 7. The second kappa shape index (κ2) is 9.33. The predicted octanol–water partition coefficient (Wildman–Crippen LogP) is 5.65. The van der Waals surface area contributed by atoms with Gasteiger partial charge in [0.05, 0.1) is 15.4 Å². The molecule has 8 nitrogen and oxygen atoms in total. The fraction of sp³-hybridized carbons (Fsp3) is 0.0385. The van der Waals surface area contributed by atoms with E-state index in [9.17, 15) is 25.0 Å². The zero-order valence-corrected chi connectivity index (χ0v) is 17.7. The fourth-order valence-electron chi connectivity index (χ4n) is 3.84. The number of carbonyl (C=O) groups excluding carboxylic acids is 1. The minimum absolute atomic E-state index is 0.176. The highest BCUT2D eigenvalue weighted by molar-refractivity contribution is 5.91. The first-order valence-electron chi connectivity index (χ1n) is 10.3. The van der Waals surface area contributed by atoms with Gasteiger partial charge in [-0.05, 0) is 6.07 Å². The fourth-order valence-corrected chi connectivity index (χ4v) is 3.84. The summed E-state index contributed by atoms with van der Waals surface area (Å²) >= 11 is 0. The molecule has 0 saturated carbocycles. The summed E-state index contributed by atoms with van der Waals surface area (Å²) in [6, 6.07) is 30.3. The van der Waals surface area contributed by atoms with Gasteiger partial charge in [0.2, 0.25) is 0 Å². The molecule has 0 aliphatic carbocycles. The van der Waals surface area contributed by atoms with Crippen molar-refractivity contribution < 1.29 is 19.4 Å². The van der Waals surface area contributed by atoms with Gasteiger partial charge in [0, 0.05) is 28.8 Å². The topological polar surface area (TPSA) is 113 Å². The van der Waals surface area contributed by atoms with E-state index in [0.29, 0.717) is 16.7 Å². The maximum absolute atomic E-state index is 13.4. The second-order valence-electron chi connectivity index (χ2n) is 7.39. The molecule has 8 heteroatoms. The van der Waals surface area contributed by atoms with Crippen LogP contribution < -0.4 is 0 Å². The van der Waals surface area contributed by atoms with E-state index >= 15 is 0 Å². The first-order valence-corrected chi connectivity index (χ1v) is 10.3. The number of ether oxygens (including phenoxy) is 1. The van der Waals surface area contributed by atoms with Gasteiger partial charge in [-0.3, -0.25) is 20.2 Å². The molecule has 0 heterocycles. The van der Waals surface area contributed by atoms with E-state index in [-0.39, 0.29) is 5.56 Å². The first kappa shape index (κ1) is 22.3. The second-order valence-corrected chi connectivity index (χ2v) is 7.39. The van der Waals surface area contributed by atoms with Gasteiger partial charge >= 0.3 is 17.3 Å². The molecule has 4 rings (SSSR count). The van der Waals surface area contributed by atoms with E-state index in [4.69, 9.17) is 4.74 Å². The average molecular weight is 454 g/mol. The summed E-state index contributed by atoms with van der Waals surface area (Å²) < 4.78 is 6.19. The molecule has 0 spiro atoms. The minimum atomic E-state index is -1.38. The van der Waals surface area contributed by atoms with Crippen LogP contribution in [0.1, 0.15) is 27.0 Å². The Morgan fingerprint density at radius 3 is 1.41 bits per heavy atom. The Kier molecular flexibility index (Phi) is 6.13. The van der Waals surface area contributed by atoms with E-state index in [0.717, 1.165) is 18.2 Å². The standard InChI is InChI=1S/C26H18N2O6/c29-25(19-16-17-23(27(30)31)24(18-19)28(32)33)34-26(20-10-4-1-5-11-20,21-12-6-2-7-13-21)22-14-8-3-9-15-22/h1-18H. The third-order valence-corrected chi connectivity index (χ3v) is 5.39. The van der Waals surface area contributed by atoms with E-state index in [1.807, 2.05) is 91.0 Å². The molecule has 4 aromatic rings. The molecule has 0 saturated heterocycles. The minimum Gasteiger partial charge on any atom is -0.441 e. The summed E-state index contributed by atoms with van der Waals surface area (Å²) in [6.45, 7) is 0. The number of carbonyl (C=O) groups is 1. The molecule has 0 fully saturated rings. The van der Waals surface area contributed by atoms with Gasteiger partial charge in [-0.25, -0.2) is 4.79 Å². The summed E-state index contributed by atoms with van der Waals surface area (Å²) in [5.74, 6) is -0.866. The van der Waals surface area contributed by atoms with E-state index in [1.165, 1.54) is 0 Å². The van der Waals surface area contributed by atoms with Crippen molar-refractivity contribution in [1.82, 2.24) is 0 Å². The highest BCUT2D eigenvalue weighted by Gasteiger charge is 2.41. The Labute approximate surface area is 194 Å². The third kappa shape index (κ3) is 4.12. The van der Waals surface area contributed by atoms with Crippen molar-refractivity contribution >= 4 is 17.3 Å². The van der Waals surface area contributed by atoms with Crippen LogP contribution in [0.3, 0.4) is 0 Å². The zero-order chi connectivity index (χ0) is 24.1. The molecule has 4 aromatic carbocycles. The molecule has 0 aliphatic heterocycles. The first-order chi connectivity index (χ1) is 16.4.